The molecule has 1 aliphatic heterocycles. The van der Waals surface area contributed by atoms with Gasteiger partial charge in [0.2, 0.25) is 0 Å². The normalized spacial score (nSPS) is 19.2. The van der Waals surface area contributed by atoms with Gasteiger partial charge in [0.15, 0.2) is 0 Å². The van der Waals surface area contributed by atoms with Gasteiger partial charge in [0.05, 0.1) is 0 Å². The van der Waals surface area contributed by atoms with Crippen LogP contribution >= 0.6 is 23.4 Å². The Labute approximate surface area is 123 Å². The van der Waals surface area contributed by atoms with E-state index in [9.17, 15) is 0 Å². The van der Waals surface area contributed by atoms with Crippen molar-refractivity contribution in [1.82, 2.24) is 5.32 Å². The molecule has 0 amide bonds. The van der Waals surface area contributed by atoms with Gasteiger partial charge in [-0.05, 0) is 30.3 Å². The first-order valence-corrected chi connectivity index (χ1v) is 7.81. The molecule has 3 rings (SSSR count). The van der Waals surface area contributed by atoms with Gasteiger partial charge >= 0.3 is 0 Å². The Morgan fingerprint density at radius 3 is 2.68 bits per heavy atom. The SMILES string of the molecule is CNC(c1ccccc1Cl)C1CSc2ccccc21. The quantitative estimate of drug-likeness (QED) is 0.893. The fourth-order valence-electron chi connectivity index (χ4n) is 2.76. The third-order valence-electron chi connectivity index (χ3n) is 3.69. The van der Waals surface area contributed by atoms with Gasteiger partial charge in [-0.25, -0.2) is 0 Å². The highest BCUT2D eigenvalue weighted by atomic mass is 35.5. The minimum Gasteiger partial charge on any atom is -0.312 e. The van der Waals surface area contributed by atoms with Crippen LogP contribution in [-0.4, -0.2) is 12.8 Å². The van der Waals surface area contributed by atoms with Crippen LogP contribution in [0.2, 0.25) is 5.02 Å². The average molecular weight is 290 g/mol. The summed E-state index contributed by atoms with van der Waals surface area (Å²) in [5, 5.41) is 4.29. The van der Waals surface area contributed by atoms with Crippen LogP contribution in [0, 0.1) is 0 Å². The largest absolute Gasteiger partial charge is 0.312 e. The van der Waals surface area contributed by atoms with Gasteiger partial charge in [-0.2, -0.15) is 0 Å². The molecule has 0 spiro atoms. The Balaban J connectivity index is 1.99. The summed E-state index contributed by atoms with van der Waals surface area (Å²) >= 11 is 8.29. The minimum absolute atomic E-state index is 0.268. The number of likely N-dealkylation sites (N-methyl/N-ethyl adjacent to an activating group) is 1. The maximum atomic E-state index is 6.36. The maximum Gasteiger partial charge on any atom is 0.0454 e. The lowest BCUT2D eigenvalue weighted by Gasteiger charge is -2.25. The minimum atomic E-state index is 0.268. The molecule has 0 radical (unpaired) electrons. The molecule has 0 saturated heterocycles. The molecular formula is C16H16ClNS. The van der Waals surface area contributed by atoms with Gasteiger partial charge in [0.25, 0.3) is 0 Å². The van der Waals surface area contributed by atoms with Crippen LogP contribution in [0.25, 0.3) is 0 Å². The van der Waals surface area contributed by atoms with Crippen molar-refractivity contribution in [3.8, 4) is 0 Å². The molecule has 1 heterocycles. The van der Waals surface area contributed by atoms with Gasteiger partial charge in [-0.15, -0.1) is 11.8 Å². The lowest BCUT2D eigenvalue weighted by atomic mass is 9.88. The van der Waals surface area contributed by atoms with Gasteiger partial charge in [0.1, 0.15) is 0 Å². The summed E-state index contributed by atoms with van der Waals surface area (Å²) in [5.41, 5.74) is 2.63. The van der Waals surface area contributed by atoms with Crippen molar-refractivity contribution in [2.75, 3.05) is 12.8 Å². The molecule has 98 valence electrons. The zero-order valence-electron chi connectivity index (χ0n) is 10.8. The third-order valence-corrected chi connectivity index (χ3v) is 5.24. The number of benzene rings is 2. The monoisotopic (exact) mass is 289 g/mol. The number of hydrogen-bond acceptors (Lipinski definition) is 2. The van der Waals surface area contributed by atoms with E-state index in [1.165, 1.54) is 16.0 Å². The number of rotatable bonds is 3. The fourth-order valence-corrected chi connectivity index (χ4v) is 4.31. The lowest BCUT2D eigenvalue weighted by Crippen LogP contribution is -2.24. The second-order valence-corrected chi connectivity index (χ2v) is 6.21. The summed E-state index contributed by atoms with van der Waals surface area (Å²) in [6.45, 7) is 0. The average Bonchev–Trinajstić information content (AvgIpc) is 2.86. The highest BCUT2D eigenvalue weighted by Crippen LogP contribution is 2.46. The van der Waals surface area contributed by atoms with Gasteiger partial charge in [0, 0.05) is 27.6 Å². The Kier molecular flexibility index (Phi) is 3.83. The first kappa shape index (κ1) is 13.0. The van der Waals surface area contributed by atoms with E-state index in [1.54, 1.807) is 0 Å². The van der Waals surface area contributed by atoms with Gasteiger partial charge in [-0.1, -0.05) is 48.0 Å². The van der Waals surface area contributed by atoms with E-state index >= 15 is 0 Å². The van der Waals surface area contributed by atoms with E-state index in [0.29, 0.717) is 5.92 Å². The van der Waals surface area contributed by atoms with Crippen LogP contribution < -0.4 is 5.32 Å². The molecule has 0 aromatic heterocycles. The van der Waals surface area contributed by atoms with Crippen molar-refractivity contribution < 1.29 is 0 Å². The molecule has 19 heavy (non-hydrogen) atoms. The zero-order chi connectivity index (χ0) is 13.2. The van der Waals surface area contributed by atoms with Crippen molar-refractivity contribution in [2.24, 2.45) is 0 Å². The molecular weight excluding hydrogens is 274 g/mol. The smallest absolute Gasteiger partial charge is 0.0454 e. The predicted octanol–water partition coefficient (Wildman–Crippen LogP) is 4.49. The molecule has 0 saturated carbocycles. The second-order valence-electron chi connectivity index (χ2n) is 4.74. The van der Waals surface area contributed by atoms with Gasteiger partial charge in [-0.3, -0.25) is 0 Å². The number of hydrogen-bond donors (Lipinski definition) is 1. The van der Waals surface area contributed by atoms with E-state index in [4.69, 9.17) is 11.6 Å². The highest BCUT2D eigenvalue weighted by Gasteiger charge is 2.31. The molecule has 1 N–H and O–H groups in total. The summed E-state index contributed by atoms with van der Waals surface area (Å²) in [5.74, 6) is 1.59. The molecule has 0 fully saturated rings. The molecule has 2 atom stereocenters. The van der Waals surface area contributed by atoms with E-state index < -0.39 is 0 Å². The first-order chi connectivity index (χ1) is 9.31. The predicted molar refractivity (Wildman–Crippen MR) is 83.2 cm³/mol. The summed E-state index contributed by atoms with van der Waals surface area (Å²) in [6.07, 6.45) is 0. The molecule has 2 aromatic carbocycles. The Bertz CT molecular complexity index is 584. The van der Waals surface area contributed by atoms with Crippen LogP contribution in [0.5, 0.6) is 0 Å². The van der Waals surface area contributed by atoms with E-state index in [2.05, 4.69) is 41.7 Å². The molecule has 3 heteroatoms. The second kappa shape index (κ2) is 5.58. The Morgan fingerprint density at radius 2 is 1.89 bits per heavy atom. The van der Waals surface area contributed by atoms with E-state index in [1.807, 2.05) is 30.9 Å². The summed E-state index contributed by atoms with van der Waals surface area (Å²) in [7, 11) is 2.01. The van der Waals surface area contributed by atoms with E-state index in [-0.39, 0.29) is 6.04 Å². The van der Waals surface area contributed by atoms with Crippen LogP contribution in [0.1, 0.15) is 23.1 Å². The fraction of sp³-hybridized carbons (Fsp3) is 0.250. The van der Waals surface area contributed by atoms with Crippen LogP contribution in [-0.2, 0) is 0 Å². The van der Waals surface area contributed by atoms with Crippen molar-refractivity contribution in [3.63, 3.8) is 0 Å². The molecule has 2 aromatic rings. The molecule has 0 aliphatic carbocycles. The van der Waals surface area contributed by atoms with Crippen LogP contribution in [0.15, 0.2) is 53.4 Å². The van der Waals surface area contributed by atoms with E-state index in [0.717, 1.165) is 10.8 Å². The highest BCUT2D eigenvalue weighted by molar-refractivity contribution is 7.99. The van der Waals surface area contributed by atoms with Crippen molar-refractivity contribution in [3.05, 3.63) is 64.7 Å². The van der Waals surface area contributed by atoms with Crippen LogP contribution in [0.3, 0.4) is 0 Å². The van der Waals surface area contributed by atoms with Gasteiger partial charge < -0.3 is 5.32 Å². The number of halogens is 1. The maximum absolute atomic E-state index is 6.36. The number of nitrogens with one attached hydrogen (secondary N) is 1. The zero-order valence-corrected chi connectivity index (χ0v) is 12.3. The molecule has 1 nitrogen and oxygen atoms in total. The standard InChI is InChI=1S/C16H16ClNS/c1-18-16(12-7-2-4-8-14(12)17)13-10-19-15-9-5-3-6-11(13)15/h2-9,13,16,18H,10H2,1H3. The molecule has 1 aliphatic rings. The molecule has 0 bridgehead atoms. The van der Waals surface area contributed by atoms with Crippen molar-refractivity contribution in [2.45, 2.75) is 16.9 Å². The first-order valence-electron chi connectivity index (χ1n) is 6.44. The van der Waals surface area contributed by atoms with Crippen molar-refractivity contribution in [1.29, 1.82) is 0 Å². The third kappa shape index (κ3) is 2.40. The summed E-state index contributed by atoms with van der Waals surface area (Å²) in [4.78, 5) is 1.40. The molecule has 2 unspecified atom stereocenters. The Hall–Kier alpha value is -0.960. The Morgan fingerprint density at radius 1 is 1.16 bits per heavy atom. The topological polar surface area (TPSA) is 12.0 Å². The number of fused-ring (bicyclic) bond motifs is 1. The van der Waals surface area contributed by atoms with Crippen molar-refractivity contribution >= 4 is 23.4 Å². The summed E-state index contributed by atoms with van der Waals surface area (Å²) in [6, 6.07) is 17.1. The van der Waals surface area contributed by atoms with Crippen LogP contribution in [0.4, 0.5) is 0 Å². The lowest BCUT2D eigenvalue weighted by molar-refractivity contribution is 0.515. The number of thioether (sulfide) groups is 1. The summed E-state index contributed by atoms with van der Waals surface area (Å²) < 4.78 is 0.